The van der Waals surface area contributed by atoms with Crippen LogP contribution in [0.25, 0.3) is 0 Å². The van der Waals surface area contributed by atoms with Crippen molar-refractivity contribution in [1.29, 1.82) is 0 Å². The van der Waals surface area contributed by atoms with E-state index in [1.807, 2.05) is 0 Å². The SMILES string of the molecule is COc1cccc(C(=O)NNC(=O)c2ccc(Br)cc2)c1OC. The topological polar surface area (TPSA) is 76.7 Å². The third kappa shape index (κ3) is 4.01. The molecule has 7 heteroatoms. The minimum absolute atomic E-state index is 0.253. The molecule has 0 aliphatic heterocycles. The number of methoxy groups -OCH3 is 2. The average molecular weight is 379 g/mol. The van der Waals surface area contributed by atoms with Crippen LogP contribution in [0.5, 0.6) is 11.5 Å². The van der Waals surface area contributed by atoms with Crippen LogP contribution in [-0.4, -0.2) is 26.0 Å². The van der Waals surface area contributed by atoms with Gasteiger partial charge in [-0.05, 0) is 36.4 Å². The zero-order valence-electron chi connectivity index (χ0n) is 12.6. The van der Waals surface area contributed by atoms with Crippen molar-refractivity contribution in [2.24, 2.45) is 0 Å². The van der Waals surface area contributed by atoms with Gasteiger partial charge in [-0.3, -0.25) is 20.4 Å². The van der Waals surface area contributed by atoms with Gasteiger partial charge in [-0.15, -0.1) is 0 Å². The van der Waals surface area contributed by atoms with Crippen molar-refractivity contribution >= 4 is 27.7 Å². The Kier molecular flexibility index (Phi) is 5.59. The zero-order valence-corrected chi connectivity index (χ0v) is 14.1. The molecule has 0 spiro atoms. The van der Waals surface area contributed by atoms with Crippen LogP contribution in [0.15, 0.2) is 46.9 Å². The van der Waals surface area contributed by atoms with E-state index < -0.39 is 11.8 Å². The first-order valence-electron chi connectivity index (χ1n) is 6.64. The van der Waals surface area contributed by atoms with Gasteiger partial charge >= 0.3 is 0 Å². The largest absolute Gasteiger partial charge is 0.493 e. The van der Waals surface area contributed by atoms with Crippen LogP contribution in [0.4, 0.5) is 0 Å². The van der Waals surface area contributed by atoms with Crippen molar-refractivity contribution in [2.45, 2.75) is 0 Å². The van der Waals surface area contributed by atoms with Crippen molar-refractivity contribution in [2.75, 3.05) is 14.2 Å². The second kappa shape index (κ2) is 7.64. The molecule has 0 unspecified atom stereocenters. The minimum Gasteiger partial charge on any atom is -0.493 e. The highest BCUT2D eigenvalue weighted by atomic mass is 79.9. The Balaban J connectivity index is 2.08. The summed E-state index contributed by atoms with van der Waals surface area (Å²) in [7, 11) is 2.92. The number of halogens is 1. The monoisotopic (exact) mass is 378 g/mol. The van der Waals surface area contributed by atoms with Gasteiger partial charge in [0.25, 0.3) is 11.8 Å². The summed E-state index contributed by atoms with van der Waals surface area (Å²) in [5.74, 6) is -0.205. The molecule has 120 valence electrons. The van der Waals surface area contributed by atoms with E-state index in [0.717, 1.165) is 4.47 Å². The molecule has 0 atom stereocenters. The summed E-state index contributed by atoms with van der Waals surface area (Å²) in [5, 5.41) is 0. The van der Waals surface area contributed by atoms with Gasteiger partial charge in [-0.2, -0.15) is 0 Å². The van der Waals surface area contributed by atoms with Crippen LogP contribution in [-0.2, 0) is 0 Å². The first-order valence-corrected chi connectivity index (χ1v) is 7.43. The molecule has 0 saturated carbocycles. The van der Waals surface area contributed by atoms with Gasteiger partial charge in [-0.1, -0.05) is 22.0 Å². The Morgan fingerprint density at radius 2 is 1.57 bits per heavy atom. The molecule has 2 aromatic rings. The van der Waals surface area contributed by atoms with E-state index in [-0.39, 0.29) is 5.56 Å². The molecule has 6 nitrogen and oxygen atoms in total. The summed E-state index contributed by atoms with van der Waals surface area (Å²) < 4.78 is 11.2. The van der Waals surface area contributed by atoms with Crippen molar-refractivity contribution < 1.29 is 19.1 Å². The molecule has 2 rings (SSSR count). The maximum absolute atomic E-state index is 12.2. The molecule has 23 heavy (non-hydrogen) atoms. The van der Waals surface area contributed by atoms with Gasteiger partial charge < -0.3 is 9.47 Å². The summed E-state index contributed by atoms with van der Waals surface area (Å²) in [6.45, 7) is 0. The molecule has 0 aliphatic carbocycles. The zero-order chi connectivity index (χ0) is 16.8. The fraction of sp³-hybridized carbons (Fsp3) is 0.125. The highest BCUT2D eigenvalue weighted by Crippen LogP contribution is 2.30. The number of ether oxygens (including phenoxy) is 2. The number of carbonyl (C=O) groups excluding carboxylic acids is 2. The maximum atomic E-state index is 12.2. The van der Waals surface area contributed by atoms with Crippen LogP contribution < -0.4 is 20.3 Å². The number of rotatable bonds is 4. The Bertz CT molecular complexity index is 717. The number of para-hydroxylation sites is 1. The first kappa shape index (κ1) is 16.8. The number of hydrogen-bond donors (Lipinski definition) is 2. The lowest BCUT2D eigenvalue weighted by molar-refractivity contribution is 0.0844. The number of amides is 2. The Morgan fingerprint density at radius 3 is 2.17 bits per heavy atom. The lowest BCUT2D eigenvalue weighted by Crippen LogP contribution is -2.41. The Labute approximate surface area is 141 Å². The average Bonchev–Trinajstić information content (AvgIpc) is 2.59. The summed E-state index contributed by atoms with van der Waals surface area (Å²) in [4.78, 5) is 24.2. The molecule has 0 bridgehead atoms. The molecule has 0 fully saturated rings. The third-order valence-corrected chi connectivity index (χ3v) is 3.57. The lowest BCUT2D eigenvalue weighted by Gasteiger charge is -2.13. The van der Waals surface area contributed by atoms with Gasteiger partial charge in [-0.25, -0.2) is 0 Å². The number of hydrogen-bond acceptors (Lipinski definition) is 4. The van der Waals surface area contributed by atoms with E-state index in [1.54, 1.807) is 42.5 Å². The Hall–Kier alpha value is -2.54. The van der Waals surface area contributed by atoms with Gasteiger partial charge in [0.05, 0.1) is 19.8 Å². The second-order valence-corrected chi connectivity index (χ2v) is 5.37. The highest BCUT2D eigenvalue weighted by Gasteiger charge is 2.17. The molecule has 0 heterocycles. The highest BCUT2D eigenvalue weighted by molar-refractivity contribution is 9.10. The van der Waals surface area contributed by atoms with Crippen molar-refractivity contribution in [3.63, 3.8) is 0 Å². The number of hydrazine groups is 1. The van der Waals surface area contributed by atoms with Gasteiger partial charge in [0.1, 0.15) is 0 Å². The van der Waals surface area contributed by atoms with E-state index in [2.05, 4.69) is 26.8 Å². The standard InChI is InChI=1S/C16H15BrN2O4/c1-22-13-5-3-4-12(14(13)23-2)16(21)19-18-15(20)10-6-8-11(17)9-7-10/h3-9H,1-2H3,(H,18,20)(H,19,21). The van der Waals surface area contributed by atoms with E-state index in [0.29, 0.717) is 17.1 Å². The molecule has 2 N–H and O–H groups in total. The van der Waals surface area contributed by atoms with E-state index in [1.165, 1.54) is 14.2 Å². The summed E-state index contributed by atoms with van der Waals surface area (Å²) >= 11 is 3.29. The predicted octanol–water partition coefficient (Wildman–Crippen LogP) is 2.54. The smallest absolute Gasteiger partial charge is 0.273 e. The van der Waals surface area contributed by atoms with E-state index in [4.69, 9.17) is 9.47 Å². The third-order valence-electron chi connectivity index (χ3n) is 3.04. The van der Waals surface area contributed by atoms with Crippen molar-refractivity contribution in [1.82, 2.24) is 10.9 Å². The second-order valence-electron chi connectivity index (χ2n) is 4.46. The summed E-state index contributed by atoms with van der Waals surface area (Å²) in [6.07, 6.45) is 0. The van der Waals surface area contributed by atoms with E-state index in [9.17, 15) is 9.59 Å². The maximum Gasteiger partial charge on any atom is 0.273 e. The van der Waals surface area contributed by atoms with Crippen LogP contribution in [0.1, 0.15) is 20.7 Å². The molecule has 0 saturated heterocycles. The number of nitrogens with one attached hydrogen (secondary N) is 2. The first-order chi connectivity index (χ1) is 11.1. The molecule has 0 aliphatic rings. The van der Waals surface area contributed by atoms with Crippen LogP contribution in [0.3, 0.4) is 0 Å². The normalized spacial score (nSPS) is 9.87. The molecule has 2 amide bonds. The molecule has 2 aromatic carbocycles. The summed E-state index contributed by atoms with van der Waals surface area (Å²) in [6, 6.07) is 11.7. The van der Waals surface area contributed by atoms with Gasteiger partial charge in [0.15, 0.2) is 11.5 Å². The van der Waals surface area contributed by atoms with Crippen molar-refractivity contribution in [3.8, 4) is 11.5 Å². The van der Waals surface area contributed by atoms with Crippen LogP contribution >= 0.6 is 15.9 Å². The Morgan fingerprint density at radius 1 is 0.913 bits per heavy atom. The molecular formula is C16H15BrN2O4. The molecule has 0 radical (unpaired) electrons. The summed E-state index contributed by atoms with van der Waals surface area (Å²) in [5.41, 5.74) is 5.38. The van der Waals surface area contributed by atoms with Crippen molar-refractivity contribution in [3.05, 3.63) is 58.1 Å². The van der Waals surface area contributed by atoms with Crippen LogP contribution in [0.2, 0.25) is 0 Å². The predicted molar refractivity (Wildman–Crippen MR) is 88.6 cm³/mol. The molecule has 0 aromatic heterocycles. The fourth-order valence-electron chi connectivity index (χ4n) is 1.92. The quantitative estimate of drug-likeness (QED) is 0.801. The fourth-order valence-corrected chi connectivity index (χ4v) is 2.18. The van der Waals surface area contributed by atoms with E-state index >= 15 is 0 Å². The number of benzene rings is 2. The van der Waals surface area contributed by atoms with Gasteiger partial charge in [0, 0.05) is 10.0 Å². The van der Waals surface area contributed by atoms with Gasteiger partial charge in [0.2, 0.25) is 0 Å². The number of carbonyl (C=O) groups is 2. The lowest BCUT2D eigenvalue weighted by atomic mass is 10.1. The van der Waals surface area contributed by atoms with Crippen LogP contribution in [0, 0.1) is 0 Å². The molecular weight excluding hydrogens is 364 g/mol. The minimum atomic E-state index is -0.508.